The molecule has 1 aromatic heterocycles. The van der Waals surface area contributed by atoms with Gasteiger partial charge >= 0.3 is 0 Å². The van der Waals surface area contributed by atoms with E-state index in [1.807, 2.05) is 48.2 Å². The molecule has 6 nitrogen and oxygen atoms in total. The summed E-state index contributed by atoms with van der Waals surface area (Å²) >= 11 is 1.60. The number of hydrogen-bond donors (Lipinski definition) is 0. The molecule has 1 aliphatic rings. The molecule has 1 amide bonds. The molecule has 0 bridgehead atoms. The summed E-state index contributed by atoms with van der Waals surface area (Å²) in [7, 11) is 3.99. The first-order chi connectivity index (χ1) is 14.9. The Morgan fingerprint density at radius 2 is 1.84 bits per heavy atom. The van der Waals surface area contributed by atoms with E-state index in [4.69, 9.17) is 9.72 Å². The zero-order chi connectivity index (χ0) is 22.0. The van der Waals surface area contributed by atoms with Crippen LogP contribution in [0.15, 0.2) is 36.4 Å². The van der Waals surface area contributed by atoms with E-state index in [1.165, 1.54) is 11.1 Å². The van der Waals surface area contributed by atoms with Crippen molar-refractivity contribution in [2.24, 2.45) is 0 Å². The zero-order valence-corrected chi connectivity index (χ0v) is 19.5. The first kappa shape index (κ1) is 21.7. The van der Waals surface area contributed by atoms with Gasteiger partial charge in [-0.05, 0) is 55.3 Å². The quantitative estimate of drug-likeness (QED) is 0.583. The van der Waals surface area contributed by atoms with Crippen LogP contribution in [0.25, 0.3) is 10.2 Å². The van der Waals surface area contributed by atoms with Gasteiger partial charge in [-0.2, -0.15) is 0 Å². The van der Waals surface area contributed by atoms with Gasteiger partial charge in [0.15, 0.2) is 5.13 Å². The van der Waals surface area contributed by atoms with E-state index in [9.17, 15) is 4.79 Å². The first-order valence-corrected chi connectivity index (χ1v) is 11.5. The molecular formula is C24H30N4O2S. The highest BCUT2D eigenvalue weighted by molar-refractivity contribution is 7.22. The minimum absolute atomic E-state index is 0.00741. The molecule has 0 N–H and O–H groups in total. The van der Waals surface area contributed by atoms with E-state index in [0.717, 1.165) is 53.9 Å². The van der Waals surface area contributed by atoms with Gasteiger partial charge in [-0.1, -0.05) is 17.4 Å². The monoisotopic (exact) mass is 438 g/mol. The summed E-state index contributed by atoms with van der Waals surface area (Å²) in [5.74, 6) is -0.00741. The van der Waals surface area contributed by atoms with Crippen molar-refractivity contribution in [1.82, 2.24) is 9.88 Å². The summed E-state index contributed by atoms with van der Waals surface area (Å²) < 4.78 is 6.61. The van der Waals surface area contributed by atoms with Crippen LogP contribution in [-0.2, 0) is 4.74 Å². The van der Waals surface area contributed by atoms with Crippen LogP contribution in [0.3, 0.4) is 0 Å². The standard InChI is InChI=1S/C24H30N4O2S/c1-17-15-18(2)22-21(16-17)25-24(31-22)28(10-9-27-11-13-30-14-12-27)23(29)19-5-7-20(8-6-19)26(3)4/h5-8,15-16H,9-14H2,1-4H3. The summed E-state index contributed by atoms with van der Waals surface area (Å²) in [5, 5.41) is 0.763. The number of nitrogens with zero attached hydrogens (tertiary/aromatic N) is 4. The maximum atomic E-state index is 13.6. The Labute approximate surface area is 188 Å². The van der Waals surface area contributed by atoms with Gasteiger partial charge in [-0.3, -0.25) is 14.6 Å². The molecule has 1 aliphatic heterocycles. The van der Waals surface area contributed by atoms with Crippen LogP contribution < -0.4 is 9.80 Å². The van der Waals surface area contributed by atoms with Gasteiger partial charge in [0.2, 0.25) is 0 Å². The average Bonchev–Trinajstić information content (AvgIpc) is 3.18. The molecule has 4 rings (SSSR count). The van der Waals surface area contributed by atoms with Crippen molar-refractivity contribution in [3.8, 4) is 0 Å². The highest BCUT2D eigenvalue weighted by atomic mass is 32.1. The van der Waals surface area contributed by atoms with Crippen molar-refractivity contribution >= 4 is 38.3 Å². The third-order valence-corrected chi connectivity index (χ3v) is 6.89. The van der Waals surface area contributed by atoms with Gasteiger partial charge < -0.3 is 9.64 Å². The van der Waals surface area contributed by atoms with Crippen molar-refractivity contribution in [2.75, 3.05) is 63.3 Å². The number of anilines is 2. The minimum Gasteiger partial charge on any atom is -0.379 e. The number of fused-ring (bicyclic) bond motifs is 1. The number of aryl methyl sites for hydroxylation is 2. The molecule has 7 heteroatoms. The van der Waals surface area contributed by atoms with E-state index in [0.29, 0.717) is 12.1 Å². The van der Waals surface area contributed by atoms with E-state index < -0.39 is 0 Å². The molecule has 0 saturated carbocycles. The molecule has 164 valence electrons. The van der Waals surface area contributed by atoms with Gasteiger partial charge in [0.05, 0.1) is 23.4 Å². The molecule has 0 radical (unpaired) electrons. The summed E-state index contributed by atoms with van der Waals surface area (Å²) in [6.45, 7) is 8.90. The van der Waals surface area contributed by atoms with E-state index in [-0.39, 0.29) is 5.91 Å². The van der Waals surface area contributed by atoms with Gasteiger partial charge in [-0.15, -0.1) is 0 Å². The number of benzene rings is 2. The number of morpholine rings is 1. The Morgan fingerprint density at radius 3 is 2.52 bits per heavy atom. The predicted octanol–water partition coefficient (Wildman–Crippen LogP) is 3.96. The molecule has 1 saturated heterocycles. The Kier molecular flexibility index (Phi) is 6.55. The normalized spacial score (nSPS) is 14.7. The Hall–Kier alpha value is -2.48. The average molecular weight is 439 g/mol. The number of aromatic nitrogens is 1. The lowest BCUT2D eigenvalue weighted by molar-refractivity contribution is 0.0391. The van der Waals surface area contributed by atoms with Crippen LogP contribution in [0.1, 0.15) is 21.5 Å². The number of carbonyl (C=O) groups is 1. The second-order valence-electron chi connectivity index (χ2n) is 8.28. The third kappa shape index (κ3) is 4.89. The van der Waals surface area contributed by atoms with E-state index in [2.05, 4.69) is 30.9 Å². The van der Waals surface area contributed by atoms with Crippen LogP contribution in [-0.4, -0.2) is 69.3 Å². The van der Waals surface area contributed by atoms with Gasteiger partial charge in [0.25, 0.3) is 5.91 Å². The van der Waals surface area contributed by atoms with E-state index >= 15 is 0 Å². The lowest BCUT2D eigenvalue weighted by Gasteiger charge is -2.29. The summed E-state index contributed by atoms with van der Waals surface area (Å²) in [6.07, 6.45) is 0. The number of hydrogen-bond acceptors (Lipinski definition) is 6. The van der Waals surface area contributed by atoms with Crippen LogP contribution >= 0.6 is 11.3 Å². The minimum atomic E-state index is -0.00741. The zero-order valence-electron chi connectivity index (χ0n) is 18.7. The van der Waals surface area contributed by atoms with Crippen LogP contribution in [0.2, 0.25) is 0 Å². The lowest BCUT2D eigenvalue weighted by Crippen LogP contribution is -2.43. The number of thiazole rings is 1. The number of rotatable bonds is 6. The largest absolute Gasteiger partial charge is 0.379 e. The number of amides is 1. The van der Waals surface area contributed by atoms with Gasteiger partial charge in [-0.25, -0.2) is 4.98 Å². The van der Waals surface area contributed by atoms with Crippen LogP contribution in [0.5, 0.6) is 0 Å². The molecule has 1 fully saturated rings. The molecule has 0 spiro atoms. The molecule has 0 unspecified atom stereocenters. The van der Waals surface area contributed by atoms with Crippen LogP contribution in [0.4, 0.5) is 10.8 Å². The van der Waals surface area contributed by atoms with Crippen LogP contribution in [0, 0.1) is 13.8 Å². The molecular weight excluding hydrogens is 408 g/mol. The molecule has 0 atom stereocenters. The fourth-order valence-electron chi connectivity index (χ4n) is 3.89. The molecule has 0 aliphatic carbocycles. The highest BCUT2D eigenvalue weighted by Gasteiger charge is 2.23. The molecule has 2 heterocycles. The number of carbonyl (C=O) groups excluding carboxylic acids is 1. The van der Waals surface area contributed by atoms with Crippen molar-refractivity contribution < 1.29 is 9.53 Å². The number of ether oxygens (including phenoxy) is 1. The second kappa shape index (κ2) is 9.34. The maximum Gasteiger partial charge on any atom is 0.260 e. The highest BCUT2D eigenvalue weighted by Crippen LogP contribution is 2.33. The Bertz CT molecular complexity index is 1060. The maximum absolute atomic E-state index is 13.6. The predicted molar refractivity (Wildman–Crippen MR) is 129 cm³/mol. The van der Waals surface area contributed by atoms with Crippen molar-refractivity contribution in [3.05, 3.63) is 53.1 Å². The third-order valence-electron chi connectivity index (χ3n) is 5.66. The molecule has 3 aromatic rings. The SMILES string of the molecule is Cc1cc(C)c2sc(N(CCN3CCOCC3)C(=O)c3ccc(N(C)C)cc3)nc2c1. The van der Waals surface area contributed by atoms with Crippen molar-refractivity contribution in [3.63, 3.8) is 0 Å². The fourth-order valence-corrected chi connectivity index (χ4v) is 4.93. The van der Waals surface area contributed by atoms with E-state index in [1.54, 1.807) is 11.3 Å². The van der Waals surface area contributed by atoms with Crippen molar-refractivity contribution in [2.45, 2.75) is 13.8 Å². The topological polar surface area (TPSA) is 48.9 Å². The Morgan fingerprint density at radius 1 is 1.13 bits per heavy atom. The Balaban J connectivity index is 1.65. The smallest absolute Gasteiger partial charge is 0.260 e. The second-order valence-corrected chi connectivity index (χ2v) is 9.26. The van der Waals surface area contributed by atoms with Gasteiger partial charge in [0.1, 0.15) is 0 Å². The van der Waals surface area contributed by atoms with Crippen molar-refractivity contribution in [1.29, 1.82) is 0 Å². The summed E-state index contributed by atoms with van der Waals surface area (Å²) in [5.41, 5.74) is 5.11. The molecule has 2 aromatic carbocycles. The summed E-state index contributed by atoms with van der Waals surface area (Å²) in [4.78, 5) is 24.7. The lowest BCUT2D eigenvalue weighted by atomic mass is 10.1. The summed E-state index contributed by atoms with van der Waals surface area (Å²) in [6, 6.07) is 12.0. The first-order valence-electron chi connectivity index (χ1n) is 10.7. The van der Waals surface area contributed by atoms with Gasteiger partial charge in [0, 0.05) is 51.5 Å². The fraction of sp³-hybridized carbons (Fsp3) is 0.417. The molecule has 31 heavy (non-hydrogen) atoms.